The second-order valence-electron chi connectivity index (χ2n) is 15.7. The average Bonchev–Trinajstić information content (AvgIpc) is 3.48. The second kappa shape index (κ2) is 10.3. The quantitative estimate of drug-likeness (QED) is 0.305. The van der Waals surface area contributed by atoms with Crippen molar-refractivity contribution < 1.29 is 34.4 Å². The molecular formula is C34H54O7. The average molecular weight is 575 g/mol. The number of hydrogen-bond acceptors (Lipinski definition) is 7. The van der Waals surface area contributed by atoms with Crippen LogP contribution in [0.4, 0.5) is 0 Å². The Hall–Kier alpha value is -1.44. The molecule has 232 valence electrons. The number of carbonyl (C=O) groups is 2. The zero-order valence-electron chi connectivity index (χ0n) is 26.6. The van der Waals surface area contributed by atoms with Gasteiger partial charge in [-0.2, -0.15) is 0 Å². The van der Waals surface area contributed by atoms with E-state index in [1.165, 1.54) is 13.8 Å². The Labute approximate surface area is 246 Å². The van der Waals surface area contributed by atoms with E-state index in [4.69, 9.17) is 9.47 Å². The number of ether oxygens (including phenoxy) is 2. The molecule has 7 nitrogen and oxygen atoms in total. The predicted octanol–water partition coefficient (Wildman–Crippen LogP) is 4.91. The molecule has 0 bridgehead atoms. The SMILES string of the molecule is CC(=O)OC1C[C@H]([C@H](C)[C@H]2C[C@]2(C)[C@H](C)C(C)C)[C@]2(C)C1C1C(O)C=C3C[C@@H](O)CC[C@]3(C)C1C(O)[C@H]2OC(C)=O. The summed E-state index contributed by atoms with van der Waals surface area (Å²) in [6, 6.07) is 0. The highest BCUT2D eigenvalue weighted by atomic mass is 16.6. The van der Waals surface area contributed by atoms with E-state index in [0.29, 0.717) is 43.4 Å². The highest BCUT2D eigenvalue weighted by Gasteiger charge is 2.73. The molecule has 0 saturated heterocycles. The summed E-state index contributed by atoms with van der Waals surface area (Å²) in [5.74, 6) is 0.0415. The number of fused-ring (bicyclic) bond motifs is 5. The molecule has 15 atom stereocenters. The van der Waals surface area contributed by atoms with Gasteiger partial charge in [-0.25, -0.2) is 0 Å². The number of hydrogen-bond donors (Lipinski definition) is 3. The van der Waals surface area contributed by atoms with Gasteiger partial charge in [-0.1, -0.05) is 60.1 Å². The van der Waals surface area contributed by atoms with Gasteiger partial charge in [0.2, 0.25) is 0 Å². The maximum Gasteiger partial charge on any atom is 0.303 e. The van der Waals surface area contributed by atoms with Gasteiger partial charge < -0.3 is 24.8 Å². The van der Waals surface area contributed by atoms with Crippen molar-refractivity contribution in [2.24, 2.45) is 63.6 Å². The first-order valence-corrected chi connectivity index (χ1v) is 16.1. The third-order valence-corrected chi connectivity index (χ3v) is 13.5. The first-order valence-electron chi connectivity index (χ1n) is 16.1. The summed E-state index contributed by atoms with van der Waals surface area (Å²) in [7, 11) is 0. The third-order valence-electron chi connectivity index (χ3n) is 13.5. The minimum atomic E-state index is -0.991. The number of rotatable bonds is 6. The van der Waals surface area contributed by atoms with Gasteiger partial charge >= 0.3 is 11.9 Å². The smallest absolute Gasteiger partial charge is 0.303 e. The molecule has 0 radical (unpaired) electrons. The normalized spacial score (nSPS) is 50.1. The molecule has 0 aliphatic heterocycles. The predicted molar refractivity (Wildman–Crippen MR) is 155 cm³/mol. The first kappa shape index (κ1) is 31.0. The van der Waals surface area contributed by atoms with Crippen molar-refractivity contribution in [1.82, 2.24) is 0 Å². The molecule has 0 aromatic carbocycles. The summed E-state index contributed by atoms with van der Waals surface area (Å²) >= 11 is 0. The fourth-order valence-corrected chi connectivity index (χ4v) is 11.0. The van der Waals surface area contributed by atoms with Crippen LogP contribution >= 0.6 is 0 Å². The third kappa shape index (κ3) is 4.63. The van der Waals surface area contributed by atoms with Crippen molar-refractivity contribution in [3.63, 3.8) is 0 Å². The zero-order valence-corrected chi connectivity index (χ0v) is 26.6. The van der Waals surface area contributed by atoms with Crippen molar-refractivity contribution in [2.45, 2.75) is 125 Å². The molecule has 41 heavy (non-hydrogen) atoms. The molecular weight excluding hydrogens is 520 g/mol. The minimum Gasteiger partial charge on any atom is -0.462 e. The van der Waals surface area contributed by atoms with Gasteiger partial charge in [0, 0.05) is 37.0 Å². The molecule has 6 unspecified atom stereocenters. The summed E-state index contributed by atoms with van der Waals surface area (Å²) in [6.07, 6.45) is 1.85. The Bertz CT molecular complexity index is 1080. The van der Waals surface area contributed by atoms with Crippen LogP contribution in [0.15, 0.2) is 11.6 Å². The van der Waals surface area contributed by atoms with Crippen molar-refractivity contribution in [1.29, 1.82) is 0 Å². The van der Waals surface area contributed by atoms with E-state index in [9.17, 15) is 24.9 Å². The molecule has 0 aromatic rings. The minimum absolute atomic E-state index is 0.0292. The van der Waals surface area contributed by atoms with Crippen molar-refractivity contribution >= 4 is 11.9 Å². The summed E-state index contributed by atoms with van der Waals surface area (Å²) in [6.45, 7) is 18.7. The monoisotopic (exact) mass is 574 g/mol. The molecule has 0 amide bonds. The molecule has 3 N–H and O–H groups in total. The zero-order chi connectivity index (χ0) is 30.4. The summed E-state index contributed by atoms with van der Waals surface area (Å²) in [5, 5.41) is 34.6. The number of aliphatic hydroxyl groups excluding tert-OH is 3. The lowest BCUT2D eigenvalue weighted by Gasteiger charge is -2.63. The Morgan fingerprint density at radius 3 is 2.17 bits per heavy atom. The number of aliphatic hydroxyl groups is 3. The van der Waals surface area contributed by atoms with E-state index in [-0.39, 0.29) is 35.1 Å². The van der Waals surface area contributed by atoms with Crippen LogP contribution < -0.4 is 0 Å². The van der Waals surface area contributed by atoms with Crippen LogP contribution in [0, 0.1) is 63.6 Å². The van der Waals surface area contributed by atoms with Crippen LogP contribution in [-0.2, 0) is 19.1 Å². The van der Waals surface area contributed by atoms with Crippen LogP contribution in [0.25, 0.3) is 0 Å². The molecule has 5 rings (SSSR count). The van der Waals surface area contributed by atoms with E-state index >= 15 is 0 Å². The Morgan fingerprint density at radius 1 is 0.951 bits per heavy atom. The highest BCUT2D eigenvalue weighted by Crippen LogP contribution is 2.72. The highest BCUT2D eigenvalue weighted by molar-refractivity contribution is 5.67. The standard InChI is InChI=1S/C34H54O7/c1-16(2)18(4)33(8)15-24(33)17(3)23-14-26(40-19(5)35)28-27-25(38)13-21-12-22(37)10-11-32(21,7)29(27)30(39)31(34(23,28)9)41-20(6)36/h13,16-18,22-31,37-39H,10-12,14-15H2,1-9H3/t17-,18+,22-,23+,24+,25?,26?,27?,28?,29?,30?,31+,32-,33+,34+/m0/s1. The number of carbonyl (C=O) groups excluding carboxylic acids is 2. The molecule has 5 aliphatic rings. The van der Waals surface area contributed by atoms with Crippen molar-refractivity contribution in [3.05, 3.63) is 11.6 Å². The van der Waals surface area contributed by atoms with Crippen LogP contribution in [0.5, 0.6) is 0 Å². The summed E-state index contributed by atoms with van der Waals surface area (Å²) in [4.78, 5) is 25.2. The molecule has 0 heterocycles. The molecule has 0 spiro atoms. The Balaban J connectivity index is 1.62. The second-order valence-corrected chi connectivity index (χ2v) is 15.7. The fourth-order valence-electron chi connectivity index (χ4n) is 11.0. The van der Waals surface area contributed by atoms with Crippen LogP contribution in [0.1, 0.15) is 94.4 Å². The Morgan fingerprint density at radius 2 is 1.59 bits per heavy atom. The van der Waals surface area contributed by atoms with Crippen LogP contribution in [0.3, 0.4) is 0 Å². The van der Waals surface area contributed by atoms with Crippen LogP contribution in [0.2, 0.25) is 0 Å². The topological polar surface area (TPSA) is 113 Å². The van der Waals surface area contributed by atoms with E-state index in [0.717, 1.165) is 12.0 Å². The maximum atomic E-state index is 12.7. The molecule has 4 saturated carbocycles. The van der Waals surface area contributed by atoms with E-state index < -0.39 is 53.2 Å². The van der Waals surface area contributed by atoms with Gasteiger partial charge in [-0.15, -0.1) is 0 Å². The molecule has 7 heteroatoms. The van der Waals surface area contributed by atoms with E-state index in [1.807, 2.05) is 6.08 Å². The largest absolute Gasteiger partial charge is 0.462 e. The fraction of sp³-hybridized carbons (Fsp3) is 0.882. The van der Waals surface area contributed by atoms with Gasteiger partial charge in [-0.05, 0) is 72.5 Å². The lowest BCUT2D eigenvalue weighted by atomic mass is 9.44. The van der Waals surface area contributed by atoms with E-state index in [2.05, 4.69) is 48.5 Å². The van der Waals surface area contributed by atoms with Gasteiger partial charge in [0.1, 0.15) is 12.2 Å². The van der Waals surface area contributed by atoms with Crippen molar-refractivity contribution in [3.8, 4) is 0 Å². The maximum absolute atomic E-state index is 12.7. The molecule has 0 aromatic heterocycles. The molecule has 5 aliphatic carbocycles. The lowest BCUT2D eigenvalue weighted by Crippen LogP contribution is -2.68. The lowest BCUT2D eigenvalue weighted by molar-refractivity contribution is -0.239. The van der Waals surface area contributed by atoms with E-state index in [1.54, 1.807) is 0 Å². The summed E-state index contributed by atoms with van der Waals surface area (Å²) < 4.78 is 12.2. The van der Waals surface area contributed by atoms with Gasteiger partial charge in [0.05, 0.1) is 18.3 Å². The van der Waals surface area contributed by atoms with Crippen LogP contribution in [-0.4, -0.2) is 57.8 Å². The van der Waals surface area contributed by atoms with Gasteiger partial charge in [-0.3, -0.25) is 9.59 Å². The summed E-state index contributed by atoms with van der Waals surface area (Å²) in [5.41, 5.74) is 0.0175. The van der Waals surface area contributed by atoms with Crippen molar-refractivity contribution in [2.75, 3.05) is 0 Å². The molecule has 4 fully saturated rings. The van der Waals surface area contributed by atoms with Gasteiger partial charge in [0.15, 0.2) is 0 Å². The number of esters is 2. The van der Waals surface area contributed by atoms with Gasteiger partial charge in [0.25, 0.3) is 0 Å². The first-order chi connectivity index (χ1) is 19.0. The Kier molecular flexibility index (Phi) is 7.81.